The van der Waals surface area contributed by atoms with Gasteiger partial charge in [0.25, 0.3) is 0 Å². The number of hydrogen-bond donors (Lipinski definition) is 3. The van der Waals surface area contributed by atoms with Crippen molar-refractivity contribution < 1.29 is 22.4 Å². The monoisotopic (exact) mass is 552 g/mol. The fraction of sp³-hybridized carbons (Fsp3) is 0.429. The SMILES string of the molecule is CC(C)(C)NC(=O)CNC(=NCc1cccc(C(F)(F)F)c1)NCCc1ccco1.I. The van der Waals surface area contributed by atoms with Crippen LogP contribution in [-0.2, 0) is 23.9 Å². The Morgan fingerprint density at radius 1 is 1.10 bits per heavy atom. The van der Waals surface area contributed by atoms with E-state index in [0.717, 1.165) is 17.9 Å². The van der Waals surface area contributed by atoms with Crippen LogP contribution in [0.4, 0.5) is 13.2 Å². The first kappa shape index (κ1) is 26.8. The number of furan rings is 1. The second-order valence-corrected chi connectivity index (χ2v) is 7.77. The minimum atomic E-state index is -4.41. The molecule has 0 saturated carbocycles. The number of benzene rings is 1. The molecule has 10 heteroatoms. The van der Waals surface area contributed by atoms with Gasteiger partial charge in [0.15, 0.2) is 5.96 Å². The van der Waals surface area contributed by atoms with Gasteiger partial charge in [0.2, 0.25) is 5.91 Å². The van der Waals surface area contributed by atoms with Crippen molar-refractivity contribution in [1.82, 2.24) is 16.0 Å². The lowest BCUT2D eigenvalue weighted by Crippen LogP contribution is -2.48. The number of nitrogens with one attached hydrogen (secondary N) is 3. The highest BCUT2D eigenvalue weighted by Crippen LogP contribution is 2.29. The van der Waals surface area contributed by atoms with Crippen LogP contribution in [0.5, 0.6) is 0 Å². The van der Waals surface area contributed by atoms with Crippen molar-refractivity contribution >= 4 is 35.8 Å². The van der Waals surface area contributed by atoms with Gasteiger partial charge in [-0.2, -0.15) is 13.2 Å². The summed E-state index contributed by atoms with van der Waals surface area (Å²) in [5.74, 6) is 0.885. The van der Waals surface area contributed by atoms with E-state index in [1.807, 2.05) is 26.8 Å². The van der Waals surface area contributed by atoms with Crippen LogP contribution in [0.15, 0.2) is 52.1 Å². The number of nitrogens with zero attached hydrogens (tertiary/aromatic N) is 1. The second-order valence-electron chi connectivity index (χ2n) is 7.77. The van der Waals surface area contributed by atoms with E-state index in [1.54, 1.807) is 18.4 Å². The summed E-state index contributed by atoms with van der Waals surface area (Å²) < 4.78 is 44.0. The Kier molecular flexibility index (Phi) is 10.3. The first-order valence-corrected chi connectivity index (χ1v) is 9.55. The molecule has 0 aliphatic rings. The molecule has 0 fully saturated rings. The molecule has 0 bridgehead atoms. The van der Waals surface area contributed by atoms with Crippen molar-refractivity contribution in [3.8, 4) is 0 Å². The first-order chi connectivity index (χ1) is 14.0. The zero-order chi connectivity index (χ0) is 22.2. The van der Waals surface area contributed by atoms with Gasteiger partial charge >= 0.3 is 6.18 Å². The topological polar surface area (TPSA) is 78.7 Å². The lowest BCUT2D eigenvalue weighted by molar-refractivity contribution is -0.137. The third kappa shape index (κ3) is 10.6. The maximum Gasteiger partial charge on any atom is 0.416 e. The Bertz CT molecular complexity index is 847. The largest absolute Gasteiger partial charge is 0.469 e. The molecular weight excluding hydrogens is 524 g/mol. The van der Waals surface area contributed by atoms with E-state index in [9.17, 15) is 18.0 Å². The Labute approximate surface area is 197 Å². The average Bonchev–Trinajstić information content (AvgIpc) is 3.15. The quantitative estimate of drug-likeness (QED) is 0.275. The molecule has 0 saturated heterocycles. The minimum absolute atomic E-state index is 0. The van der Waals surface area contributed by atoms with Crippen LogP contribution in [0.2, 0.25) is 0 Å². The molecule has 0 radical (unpaired) electrons. The van der Waals surface area contributed by atoms with Crippen LogP contribution in [0, 0.1) is 0 Å². The van der Waals surface area contributed by atoms with Crippen molar-refractivity contribution in [3.05, 3.63) is 59.5 Å². The summed E-state index contributed by atoms with van der Waals surface area (Å²) in [5, 5.41) is 8.81. The van der Waals surface area contributed by atoms with Gasteiger partial charge in [0, 0.05) is 18.5 Å². The van der Waals surface area contributed by atoms with Crippen LogP contribution in [0.1, 0.15) is 37.7 Å². The summed E-state index contributed by atoms with van der Waals surface area (Å²) in [7, 11) is 0. The summed E-state index contributed by atoms with van der Waals surface area (Å²) in [6.07, 6.45) is -2.24. The molecule has 1 amide bonds. The predicted octanol–water partition coefficient (Wildman–Crippen LogP) is 4.11. The molecule has 1 aromatic heterocycles. The number of hydrogen-bond acceptors (Lipinski definition) is 3. The maximum absolute atomic E-state index is 12.9. The molecule has 2 rings (SSSR count). The summed E-state index contributed by atoms with van der Waals surface area (Å²) in [6, 6.07) is 8.63. The minimum Gasteiger partial charge on any atom is -0.469 e. The Hall–Kier alpha value is -2.24. The van der Waals surface area contributed by atoms with Crippen molar-refractivity contribution in [3.63, 3.8) is 0 Å². The van der Waals surface area contributed by atoms with E-state index in [0.29, 0.717) is 24.5 Å². The molecule has 172 valence electrons. The van der Waals surface area contributed by atoms with Gasteiger partial charge in [-0.25, -0.2) is 4.99 Å². The van der Waals surface area contributed by atoms with Gasteiger partial charge < -0.3 is 20.4 Å². The van der Waals surface area contributed by atoms with Crippen molar-refractivity contribution in [2.24, 2.45) is 4.99 Å². The smallest absolute Gasteiger partial charge is 0.416 e. The molecular formula is C21H28F3IN4O2. The summed E-state index contributed by atoms with van der Waals surface area (Å²) in [4.78, 5) is 16.4. The van der Waals surface area contributed by atoms with Gasteiger partial charge in [0.05, 0.1) is 24.9 Å². The first-order valence-electron chi connectivity index (χ1n) is 9.55. The number of aliphatic imine (C=N–C) groups is 1. The zero-order valence-electron chi connectivity index (χ0n) is 17.7. The molecule has 6 nitrogen and oxygen atoms in total. The Balaban J connectivity index is 0.00000480. The van der Waals surface area contributed by atoms with E-state index in [-0.39, 0.29) is 48.5 Å². The molecule has 31 heavy (non-hydrogen) atoms. The number of halogens is 4. The van der Waals surface area contributed by atoms with Gasteiger partial charge in [0.1, 0.15) is 5.76 Å². The summed E-state index contributed by atoms with van der Waals surface area (Å²) >= 11 is 0. The Morgan fingerprint density at radius 2 is 1.84 bits per heavy atom. The molecule has 1 aromatic carbocycles. The third-order valence-electron chi connectivity index (χ3n) is 3.85. The fourth-order valence-corrected chi connectivity index (χ4v) is 2.58. The van der Waals surface area contributed by atoms with E-state index >= 15 is 0 Å². The molecule has 0 spiro atoms. The van der Waals surface area contributed by atoms with Gasteiger partial charge in [-0.05, 0) is 50.6 Å². The zero-order valence-corrected chi connectivity index (χ0v) is 20.0. The molecule has 0 aliphatic carbocycles. The number of guanidine groups is 1. The molecule has 1 heterocycles. The van der Waals surface area contributed by atoms with E-state index in [4.69, 9.17) is 4.42 Å². The van der Waals surface area contributed by atoms with Crippen molar-refractivity contribution in [2.75, 3.05) is 13.1 Å². The lowest BCUT2D eigenvalue weighted by Gasteiger charge is -2.21. The van der Waals surface area contributed by atoms with Gasteiger partial charge in [-0.3, -0.25) is 4.79 Å². The highest BCUT2D eigenvalue weighted by molar-refractivity contribution is 14.0. The van der Waals surface area contributed by atoms with Gasteiger partial charge in [-0.1, -0.05) is 12.1 Å². The van der Waals surface area contributed by atoms with Gasteiger partial charge in [-0.15, -0.1) is 24.0 Å². The van der Waals surface area contributed by atoms with Crippen molar-refractivity contribution in [2.45, 2.75) is 45.5 Å². The second kappa shape index (κ2) is 12.0. The summed E-state index contributed by atoms with van der Waals surface area (Å²) in [5.41, 5.74) is -0.683. The highest BCUT2D eigenvalue weighted by Gasteiger charge is 2.30. The number of amides is 1. The predicted molar refractivity (Wildman–Crippen MR) is 124 cm³/mol. The normalized spacial score (nSPS) is 12.1. The Morgan fingerprint density at radius 3 is 2.45 bits per heavy atom. The molecule has 0 atom stereocenters. The van der Waals surface area contributed by atoms with Crippen LogP contribution < -0.4 is 16.0 Å². The van der Waals surface area contributed by atoms with E-state index in [1.165, 1.54) is 6.07 Å². The van der Waals surface area contributed by atoms with Crippen LogP contribution in [0.25, 0.3) is 0 Å². The van der Waals surface area contributed by atoms with E-state index < -0.39 is 11.7 Å². The van der Waals surface area contributed by atoms with E-state index in [2.05, 4.69) is 20.9 Å². The summed E-state index contributed by atoms with van der Waals surface area (Å²) in [6.45, 7) is 6.09. The fourth-order valence-electron chi connectivity index (χ4n) is 2.58. The average molecular weight is 552 g/mol. The number of carbonyl (C=O) groups is 1. The molecule has 0 unspecified atom stereocenters. The van der Waals surface area contributed by atoms with Crippen LogP contribution in [-0.4, -0.2) is 30.5 Å². The molecule has 0 aliphatic heterocycles. The van der Waals surface area contributed by atoms with Crippen LogP contribution in [0.3, 0.4) is 0 Å². The number of carbonyl (C=O) groups excluding carboxylic acids is 1. The van der Waals surface area contributed by atoms with Crippen molar-refractivity contribution in [1.29, 1.82) is 0 Å². The number of alkyl halides is 3. The molecule has 2 aromatic rings. The molecule has 3 N–H and O–H groups in total. The lowest BCUT2D eigenvalue weighted by atomic mass is 10.1. The maximum atomic E-state index is 12.9. The highest BCUT2D eigenvalue weighted by atomic mass is 127. The van der Waals surface area contributed by atoms with Crippen LogP contribution >= 0.6 is 24.0 Å². The standard InChI is InChI=1S/C21H27F3N4O2.HI/c1-20(2,3)28-18(29)14-27-19(25-10-9-17-8-5-11-30-17)26-13-15-6-4-7-16(12-15)21(22,23)24;/h4-8,11-12H,9-10,13-14H2,1-3H3,(H,28,29)(H2,25,26,27);1H. The number of rotatable bonds is 7. The third-order valence-corrected chi connectivity index (χ3v) is 3.85.